The van der Waals surface area contributed by atoms with E-state index in [1.54, 1.807) is 12.1 Å². The normalized spacial score (nSPS) is 13.4. The zero-order chi connectivity index (χ0) is 15.2. The van der Waals surface area contributed by atoms with Crippen LogP contribution in [0.1, 0.15) is 27.7 Å². The molecule has 1 unspecified atom stereocenters. The van der Waals surface area contributed by atoms with Crippen molar-refractivity contribution in [1.82, 2.24) is 4.72 Å². The van der Waals surface area contributed by atoms with Crippen LogP contribution in [0.25, 0.3) is 0 Å². The third-order valence-corrected chi connectivity index (χ3v) is 5.40. The van der Waals surface area contributed by atoms with Crippen LogP contribution in [-0.2, 0) is 10.0 Å². The summed E-state index contributed by atoms with van der Waals surface area (Å²) < 4.78 is 27.2. The summed E-state index contributed by atoms with van der Waals surface area (Å²) in [6, 6.07) is 7.12. The van der Waals surface area contributed by atoms with Crippen LogP contribution in [0.2, 0.25) is 0 Å². The van der Waals surface area contributed by atoms with E-state index in [9.17, 15) is 8.42 Å². The minimum atomic E-state index is -3.48. The van der Waals surface area contributed by atoms with Gasteiger partial charge in [-0.2, -0.15) is 11.8 Å². The molecule has 1 atom stereocenters. The Morgan fingerprint density at radius 1 is 1.20 bits per heavy atom. The molecule has 20 heavy (non-hydrogen) atoms. The van der Waals surface area contributed by atoms with Crippen molar-refractivity contribution in [2.24, 2.45) is 0 Å². The molecule has 0 amide bonds. The van der Waals surface area contributed by atoms with E-state index in [0.717, 1.165) is 11.5 Å². The van der Waals surface area contributed by atoms with Crippen molar-refractivity contribution in [3.8, 4) is 0 Å². The minimum Gasteiger partial charge on any atom is -0.381 e. The predicted molar refractivity (Wildman–Crippen MR) is 88.0 cm³/mol. The molecule has 4 nitrogen and oxygen atoms in total. The topological polar surface area (TPSA) is 58.2 Å². The molecule has 0 aliphatic heterocycles. The van der Waals surface area contributed by atoms with Crippen molar-refractivity contribution < 1.29 is 8.42 Å². The summed E-state index contributed by atoms with van der Waals surface area (Å²) in [5, 5.41) is 3.28. The summed E-state index contributed by atoms with van der Waals surface area (Å²) in [4.78, 5) is 0.307. The molecule has 0 spiro atoms. The summed E-state index contributed by atoms with van der Waals surface area (Å²) in [6.45, 7) is 7.80. The largest absolute Gasteiger partial charge is 0.381 e. The van der Waals surface area contributed by atoms with Gasteiger partial charge in [0.25, 0.3) is 0 Å². The molecule has 6 heteroatoms. The first-order valence-electron chi connectivity index (χ1n) is 6.82. The van der Waals surface area contributed by atoms with Gasteiger partial charge in [0.2, 0.25) is 10.0 Å². The number of para-hydroxylation sites is 1. The van der Waals surface area contributed by atoms with E-state index in [0.29, 0.717) is 10.6 Å². The molecule has 0 aliphatic carbocycles. The van der Waals surface area contributed by atoms with Crippen LogP contribution in [0.3, 0.4) is 0 Å². The lowest BCUT2D eigenvalue weighted by Crippen LogP contribution is -2.31. The molecule has 114 valence electrons. The molecule has 0 heterocycles. The maximum Gasteiger partial charge on any atom is 0.242 e. The smallest absolute Gasteiger partial charge is 0.242 e. The Labute approximate surface area is 126 Å². The Kier molecular flexibility index (Phi) is 6.85. The monoisotopic (exact) mass is 316 g/mol. The van der Waals surface area contributed by atoms with Gasteiger partial charge < -0.3 is 5.32 Å². The van der Waals surface area contributed by atoms with Gasteiger partial charge >= 0.3 is 0 Å². The molecule has 2 N–H and O–H groups in total. The maximum atomic E-state index is 12.3. The summed E-state index contributed by atoms with van der Waals surface area (Å²) in [5.74, 6) is 2.00. The van der Waals surface area contributed by atoms with Gasteiger partial charge in [-0.3, -0.25) is 0 Å². The van der Waals surface area contributed by atoms with Crippen molar-refractivity contribution >= 4 is 27.5 Å². The average molecular weight is 316 g/mol. The lowest BCUT2D eigenvalue weighted by Gasteiger charge is -2.18. The number of benzene rings is 1. The highest BCUT2D eigenvalue weighted by Crippen LogP contribution is 2.22. The molecule has 1 rings (SSSR count). The maximum absolute atomic E-state index is 12.3. The highest BCUT2D eigenvalue weighted by atomic mass is 32.2. The van der Waals surface area contributed by atoms with E-state index in [2.05, 4.69) is 23.9 Å². The highest BCUT2D eigenvalue weighted by molar-refractivity contribution is 7.99. The molecule has 1 aromatic rings. The fraction of sp³-hybridized carbons (Fsp3) is 0.571. The first-order valence-corrected chi connectivity index (χ1v) is 9.46. The van der Waals surface area contributed by atoms with Crippen LogP contribution in [0.5, 0.6) is 0 Å². The fourth-order valence-electron chi connectivity index (χ4n) is 1.80. The average Bonchev–Trinajstić information content (AvgIpc) is 2.35. The van der Waals surface area contributed by atoms with Gasteiger partial charge in [0.05, 0.1) is 5.69 Å². The minimum absolute atomic E-state index is 0.124. The highest BCUT2D eigenvalue weighted by Gasteiger charge is 2.19. The first-order chi connectivity index (χ1) is 9.36. The van der Waals surface area contributed by atoms with Gasteiger partial charge in [0, 0.05) is 17.8 Å². The van der Waals surface area contributed by atoms with Crippen molar-refractivity contribution in [3.05, 3.63) is 24.3 Å². The second-order valence-corrected chi connectivity index (χ2v) is 7.98. The molecule has 0 saturated carbocycles. The van der Waals surface area contributed by atoms with E-state index in [1.807, 2.05) is 37.7 Å². The SMILES string of the molecule is CCSCC(C)Nc1ccccc1S(=O)(=O)NC(C)C. The molecule has 0 saturated heterocycles. The van der Waals surface area contributed by atoms with E-state index in [1.165, 1.54) is 0 Å². The third-order valence-electron chi connectivity index (χ3n) is 2.54. The molecule has 0 fully saturated rings. The van der Waals surface area contributed by atoms with Crippen LogP contribution in [-0.4, -0.2) is 32.0 Å². The van der Waals surface area contributed by atoms with Crippen LogP contribution in [0, 0.1) is 0 Å². The number of hydrogen-bond acceptors (Lipinski definition) is 4. The van der Waals surface area contributed by atoms with E-state index in [4.69, 9.17) is 0 Å². The number of hydrogen-bond donors (Lipinski definition) is 2. The third kappa shape index (κ3) is 5.34. The molecule has 0 aromatic heterocycles. The van der Waals surface area contributed by atoms with E-state index in [-0.39, 0.29) is 12.1 Å². The van der Waals surface area contributed by atoms with Crippen molar-refractivity contribution in [2.75, 3.05) is 16.8 Å². The fourth-order valence-corrected chi connectivity index (χ4v) is 3.89. The van der Waals surface area contributed by atoms with E-state index < -0.39 is 10.0 Å². The van der Waals surface area contributed by atoms with Crippen molar-refractivity contribution in [2.45, 2.75) is 44.7 Å². The van der Waals surface area contributed by atoms with Crippen LogP contribution < -0.4 is 10.0 Å². The molecule has 0 bridgehead atoms. The lowest BCUT2D eigenvalue weighted by atomic mass is 10.3. The van der Waals surface area contributed by atoms with Gasteiger partial charge in [-0.1, -0.05) is 19.1 Å². The van der Waals surface area contributed by atoms with Gasteiger partial charge in [0.1, 0.15) is 4.90 Å². The number of nitrogens with one attached hydrogen (secondary N) is 2. The number of thioether (sulfide) groups is 1. The van der Waals surface area contributed by atoms with Crippen LogP contribution in [0.15, 0.2) is 29.2 Å². The summed E-state index contributed by atoms with van der Waals surface area (Å²) >= 11 is 1.83. The molecular weight excluding hydrogens is 292 g/mol. The Morgan fingerprint density at radius 3 is 2.45 bits per heavy atom. The Morgan fingerprint density at radius 2 is 1.85 bits per heavy atom. The van der Waals surface area contributed by atoms with Gasteiger partial charge in [-0.15, -0.1) is 0 Å². The molecule has 1 aromatic carbocycles. The summed E-state index contributed by atoms with van der Waals surface area (Å²) in [7, 11) is -3.48. The van der Waals surface area contributed by atoms with Crippen molar-refractivity contribution in [1.29, 1.82) is 0 Å². The van der Waals surface area contributed by atoms with E-state index >= 15 is 0 Å². The van der Waals surface area contributed by atoms with Gasteiger partial charge in [0.15, 0.2) is 0 Å². The van der Waals surface area contributed by atoms with Crippen LogP contribution in [0.4, 0.5) is 5.69 Å². The first kappa shape index (κ1) is 17.3. The molecule has 0 radical (unpaired) electrons. The number of anilines is 1. The molecule has 0 aliphatic rings. The van der Waals surface area contributed by atoms with Crippen LogP contribution >= 0.6 is 11.8 Å². The predicted octanol–water partition coefficient (Wildman–Crippen LogP) is 2.93. The number of sulfonamides is 1. The standard InChI is InChI=1S/C14H24N2O2S2/c1-5-19-10-12(4)15-13-8-6-7-9-14(13)20(17,18)16-11(2)3/h6-9,11-12,15-16H,5,10H2,1-4H3. The second kappa shape index (κ2) is 7.90. The molecular formula is C14H24N2O2S2. The quantitative estimate of drug-likeness (QED) is 0.774. The summed E-state index contributed by atoms with van der Waals surface area (Å²) in [5.41, 5.74) is 0.657. The Hall–Kier alpha value is -0.720. The summed E-state index contributed by atoms with van der Waals surface area (Å²) in [6.07, 6.45) is 0. The second-order valence-electron chi connectivity index (χ2n) is 4.98. The Balaban J connectivity index is 2.93. The lowest BCUT2D eigenvalue weighted by molar-refractivity contribution is 0.570. The van der Waals surface area contributed by atoms with Gasteiger partial charge in [-0.25, -0.2) is 13.1 Å². The van der Waals surface area contributed by atoms with Gasteiger partial charge in [-0.05, 0) is 38.7 Å². The number of rotatable bonds is 8. The Bertz CT molecular complexity index is 516. The zero-order valence-electron chi connectivity index (χ0n) is 12.5. The zero-order valence-corrected chi connectivity index (χ0v) is 14.1. The van der Waals surface area contributed by atoms with Crippen molar-refractivity contribution in [3.63, 3.8) is 0 Å².